The smallest absolute Gasteiger partial charge is 0.306 e. The monoisotopic (exact) mass is 256 g/mol. The zero-order valence-electron chi connectivity index (χ0n) is 10.1. The van der Waals surface area contributed by atoms with Crippen molar-refractivity contribution in [1.29, 1.82) is 0 Å². The topological polar surface area (TPSA) is 55.1 Å². The van der Waals surface area contributed by atoms with Crippen LogP contribution >= 0.6 is 11.6 Å². The first-order chi connectivity index (χ1) is 8.00. The van der Waals surface area contributed by atoms with E-state index in [1.165, 1.54) is 0 Å². The summed E-state index contributed by atoms with van der Waals surface area (Å²) >= 11 is 6.17. The number of aliphatic carboxylic acids is 1. The van der Waals surface area contributed by atoms with E-state index in [1.807, 2.05) is 14.0 Å². The summed E-state index contributed by atoms with van der Waals surface area (Å²) in [6.07, 6.45) is 3.49. The minimum Gasteiger partial charge on any atom is -0.481 e. The predicted octanol–water partition coefficient (Wildman–Crippen LogP) is 2.43. The number of hydrogen-bond acceptors (Lipinski definition) is 2. The van der Waals surface area contributed by atoms with E-state index in [1.54, 1.807) is 4.68 Å². The van der Waals surface area contributed by atoms with Gasteiger partial charge in [0.05, 0.1) is 11.6 Å². The molecule has 2 rings (SSSR count). The Morgan fingerprint density at radius 3 is 2.82 bits per heavy atom. The summed E-state index contributed by atoms with van der Waals surface area (Å²) in [4.78, 5) is 11.1. The summed E-state index contributed by atoms with van der Waals surface area (Å²) in [5.74, 6) is -0.691. The number of carboxylic acids is 1. The molecule has 0 aliphatic heterocycles. The van der Waals surface area contributed by atoms with E-state index >= 15 is 0 Å². The van der Waals surface area contributed by atoms with Gasteiger partial charge in [0.25, 0.3) is 0 Å². The van der Waals surface area contributed by atoms with E-state index in [4.69, 9.17) is 16.7 Å². The second-order valence-electron chi connectivity index (χ2n) is 4.82. The lowest BCUT2D eigenvalue weighted by Crippen LogP contribution is -2.20. The molecule has 0 amide bonds. The number of halogens is 1. The molecule has 4 nitrogen and oxygen atoms in total. The third-order valence-electron chi connectivity index (χ3n) is 3.71. The number of carboxylic acid groups (broad SMARTS) is 1. The Balaban J connectivity index is 2.18. The Labute approximate surface area is 106 Å². The van der Waals surface area contributed by atoms with Crippen LogP contribution in [0.15, 0.2) is 0 Å². The molecule has 1 saturated carbocycles. The minimum atomic E-state index is -0.676. The van der Waals surface area contributed by atoms with Crippen molar-refractivity contribution in [3.63, 3.8) is 0 Å². The summed E-state index contributed by atoms with van der Waals surface area (Å²) in [5, 5.41) is 14.0. The highest BCUT2D eigenvalue weighted by Gasteiger charge is 2.33. The SMILES string of the molecule is Cc1nn(C)c(Cl)c1CC1CCCC1C(=O)O. The molecule has 2 atom stereocenters. The fraction of sp³-hybridized carbons (Fsp3) is 0.667. The number of aromatic nitrogens is 2. The third-order valence-corrected chi connectivity index (χ3v) is 4.19. The van der Waals surface area contributed by atoms with Gasteiger partial charge in [-0.05, 0) is 32.1 Å². The standard InChI is InChI=1S/C12H17ClN2O2/c1-7-10(11(13)15(2)14-7)6-8-4-3-5-9(8)12(16)17/h8-9H,3-6H2,1-2H3,(H,16,17). The average molecular weight is 257 g/mol. The first-order valence-electron chi connectivity index (χ1n) is 5.91. The van der Waals surface area contributed by atoms with Gasteiger partial charge in [-0.2, -0.15) is 5.10 Å². The van der Waals surface area contributed by atoms with E-state index < -0.39 is 5.97 Å². The lowest BCUT2D eigenvalue weighted by atomic mass is 9.90. The molecule has 1 aromatic heterocycles. The summed E-state index contributed by atoms with van der Waals surface area (Å²) in [7, 11) is 1.81. The Morgan fingerprint density at radius 1 is 1.59 bits per heavy atom. The maximum absolute atomic E-state index is 11.1. The summed E-state index contributed by atoms with van der Waals surface area (Å²) in [6.45, 7) is 1.92. The molecule has 2 unspecified atom stereocenters. The number of aryl methyl sites for hydroxylation is 2. The van der Waals surface area contributed by atoms with Crippen molar-refractivity contribution >= 4 is 17.6 Å². The van der Waals surface area contributed by atoms with E-state index in [0.717, 1.165) is 36.9 Å². The van der Waals surface area contributed by atoms with Crippen LogP contribution in [0.3, 0.4) is 0 Å². The van der Waals surface area contributed by atoms with E-state index in [9.17, 15) is 4.79 Å². The Hall–Kier alpha value is -1.03. The molecule has 1 fully saturated rings. The molecule has 1 aliphatic rings. The quantitative estimate of drug-likeness (QED) is 0.904. The van der Waals surface area contributed by atoms with E-state index in [2.05, 4.69) is 5.10 Å². The van der Waals surface area contributed by atoms with Gasteiger partial charge in [-0.15, -0.1) is 0 Å². The zero-order valence-corrected chi connectivity index (χ0v) is 10.9. The molecule has 1 aliphatic carbocycles. The Kier molecular flexibility index (Phi) is 3.43. The summed E-state index contributed by atoms with van der Waals surface area (Å²) < 4.78 is 1.65. The highest BCUT2D eigenvalue weighted by molar-refractivity contribution is 6.30. The van der Waals surface area contributed by atoms with Crippen molar-refractivity contribution in [3.05, 3.63) is 16.4 Å². The molecule has 1 heterocycles. The fourth-order valence-corrected chi connectivity index (χ4v) is 3.03. The molecule has 1 N–H and O–H groups in total. The molecule has 0 aromatic carbocycles. The lowest BCUT2D eigenvalue weighted by molar-refractivity contribution is -0.142. The average Bonchev–Trinajstić information content (AvgIpc) is 2.80. The number of rotatable bonds is 3. The number of nitrogens with zero attached hydrogens (tertiary/aromatic N) is 2. The Morgan fingerprint density at radius 2 is 2.29 bits per heavy atom. The highest BCUT2D eigenvalue weighted by atomic mass is 35.5. The van der Waals surface area contributed by atoms with E-state index in [-0.39, 0.29) is 11.8 Å². The van der Waals surface area contributed by atoms with Crippen LogP contribution in [-0.4, -0.2) is 20.9 Å². The first-order valence-corrected chi connectivity index (χ1v) is 6.29. The molecule has 0 saturated heterocycles. The fourth-order valence-electron chi connectivity index (χ4n) is 2.77. The van der Waals surface area contributed by atoms with Gasteiger partial charge in [0.1, 0.15) is 5.15 Å². The number of carbonyl (C=O) groups is 1. The molecule has 5 heteroatoms. The van der Waals surface area contributed by atoms with Gasteiger partial charge in [0.15, 0.2) is 0 Å². The van der Waals surface area contributed by atoms with Crippen LogP contribution in [0.2, 0.25) is 5.15 Å². The predicted molar refractivity (Wildman–Crippen MR) is 65.1 cm³/mol. The van der Waals surface area contributed by atoms with Gasteiger partial charge < -0.3 is 5.11 Å². The maximum Gasteiger partial charge on any atom is 0.306 e. The van der Waals surface area contributed by atoms with Gasteiger partial charge in [0, 0.05) is 12.6 Å². The van der Waals surface area contributed by atoms with Crippen molar-refractivity contribution in [1.82, 2.24) is 9.78 Å². The molecule has 17 heavy (non-hydrogen) atoms. The molecule has 0 radical (unpaired) electrons. The molecular formula is C12H17ClN2O2. The number of hydrogen-bond donors (Lipinski definition) is 1. The molecule has 1 aromatic rings. The van der Waals surface area contributed by atoms with Crippen molar-refractivity contribution < 1.29 is 9.90 Å². The van der Waals surface area contributed by atoms with Crippen molar-refractivity contribution in [2.24, 2.45) is 18.9 Å². The largest absolute Gasteiger partial charge is 0.481 e. The second-order valence-corrected chi connectivity index (χ2v) is 5.18. The van der Waals surface area contributed by atoms with Crippen LogP contribution in [-0.2, 0) is 18.3 Å². The van der Waals surface area contributed by atoms with Gasteiger partial charge in [-0.25, -0.2) is 0 Å². The lowest BCUT2D eigenvalue weighted by Gasteiger charge is -2.15. The van der Waals surface area contributed by atoms with Gasteiger partial charge >= 0.3 is 5.97 Å². The van der Waals surface area contributed by atoms with Crippen molar-refractivity contribution in [2.75, 3.05) is 0 Å². The van der Waals surface area contributed by atoms with Crippen molar-refractivity contribution in [3.8, 4) is 0 Å². The van der Waals surface area contributed by atoms with Crippen LogP contribution in [0.4, 0.5) is 0 Å². The van der Waals surface area contributed by atoms with Crippen LogP contribution in [0.5, 0.6) is 0 Å². The summed E-state index contributed by atoms with van der Waals surface area (Å²) in [5.41, 5.74) is 1.92. The van der Waals surface area contributed by atoms with Gasteiger partial charge in [-0.3, -0.25) is 9.48 Å². The molecule has 0 bridgehead atoms. The molecule has 94 valence electrons. The molecular weight excluding hydrogens is 240 g/mol. The zero-order chi connectivity index (χ0) is 12.6. The minimum absolute atomic E-state index is 0.202. The van der Waals surface area contributed by atoms with Crippen LogP contribution in [0.25, 0.3) is 0 Å². The normalized spacial score (nSPS) is 24.2. The van der Waals surface area contributed by atoms with Crippen LogP contribution in [0, 0.1) is 18.8 Å². The highest BCUT2D eigenvalue weighted by Crippen LogP contribution is 2.36. The first kappa shape index (κ1) is 12.4. The van der Waals surface area contributed by atoms with Crippen LogP contribution in [0.1, 0.15) is 30.5 Å². The Bertz CT molecular complexity index is 442. The second kappa shape index (κ2) is 4.69. The van der Waals surface area contributed by atoms with Gasteiger partial charge in [0.2, 0.25) is 0 Å². The molecule has 0 spiro atoms. The van der Waals surface area contributed by atoms with E-state index in [0.29, 0.717) is 5.15 Å². The summed E-state index contributed by atoms with van der Waals surface area (Å²) in [6, 6.07) is 0. The van der Waals surface area contributed by atoms with Crippen LogP contribution < -0.4 is 0 Å². The van der Waals surface area contributed by atoms with Crippen molar-refractivity contribution in [2.45, 2.75) is 32.6 Å². The maximum atomic E-state index is 11.1. The van der Waals surface area contributed by atoms with Gasteiger partial charge in [-0.1, -0.05) is 18.0 Å². The third kappa shape index (κ3) is 2.32.